The van der Waals surface area contributed by atoms with Crippen molar-refractivity contribution in [1.82, 2.24) is 4.90 Å². The van der Waals surface area contributed by atoms with E-state index < -0.39 is 12.0 Å². The average molecular weight is 258 g/mol. The molecule has 0 rings (SSSR count). The van der Waals surface area contributed by atoms with Crippen molar-refractivity contribution < 1.29 is 14.3 Å². The van der Waals surface area contributed by atoms with Gasteiger partial charge in [-0.3, -0.25) is 9.59 Å². The zero-order chi connectivity index (χ0) is 14.1. The zero-order valence-corrected chi connectivity index (χ0v) is 11.9. The van der Waals surface area contributed by atoms with E-state index >= 15 is 0 Å². The lowest BCUT2D eigenvalue weighted by Crippen LogP contribution is -2.47. The molecule has 5 heteroatoms. The van der Waals surface area contributed by atoms with E-state index in [-0.39, 0.29) is 12.5 Å². The van der Waals surface area contributed by atoms with E-state index in [2.05, 4.69) is 18.6 Å². The maximum atomic E-state index is 12.1. The van der Waals surface area contributed by atoms with Crippen molar-refractivity contribution in [3.63, 3.8) is 0 Å². The van der Waals surface area contributed by atoms with Crippen LogP contribution in [-0.2, 0) is 14.3 Å². The number of hydrogen-bond acceptors (Lipinski definition) is 4. The first-order valence-corrected chi connectivity index (χ1v) is 6.61. The lowest BCUT2D eigenvalue weighted by molar-refractivity contribution is -0.147. The third-order valence-electron chi connectivity index (χ3n) is 3.25. The minimum Gasteiger partial charge on any atom is -0.468 e. The molecule has 0 spiro atoms. The van der Waals surface area contributed by atoms with Gasteiger partial charge in [0.1, 0.15) is 6.54 Å². The predicted molar refractivity (Wildman–Crippen MR) is 70.9 cm³/mol. The van der Waals surface area contributed by atoms with Crippen molar-refractivity contribution in [3.8, 4) is 0 Å². The Morgan fingerprint density at radius 3 is 2.11 bits per heavy atom. The molecule has 5 nitrogen and oxygen atoms in total. The summed E-state index contributed by atoms with van der Waals surface area (Å²) in [5.74, 6) is -0.185. The topological polar surface area (TPSA) is 72.6 Å². The Morgan fingerprint density at radius 2 is 1.72 bits per heavy atom. The number of nitrogens with two attached hydrogens (primary N) is 1. The van der Waals surface area contributed by atoms with Crippen LogP contribution in [0.25, 0.3) is 0 Å². The number of ether oxygens (including phenoxy) is 1. The first-order valence-electron chi connectivity index (χ1n) is 6.61. The molecule has 0 bridgehead atoms. The molecule has 0 unspecified atom stereocenters. The van der Waals surface area contributed by atoms with Gasteiger partial charge in [-0.15, -0.1) is 0 Å². The first-order chi connectivity index (χ1) is 8.49. The van der Waals surface area contributed by atoms with Crippen LogP contribution in [0.15, 0.2) is 0 Å². The predicted octanol–water partition coefficient (Wildman–Crippen LogP) is 1.16. The Morgan fingerprint density at radius 1 is 1.17 bits per heavy atom. The molecular formula is C13H26N2O3. The number of carbonyl (C=O) groups excluding carboxylic acids is 2. The normalized spacial score (nSPS) is 12.3. The van der Waals surface area contributed by atoms with Crippen LogP contribution in [-0.4, -0.2) is 43.0 Å². The summed E-state index contributed by atoms with van der Waals surface area (Å²) < 4.78 is 4.62. The van der Waals surface area contributed by atoms with Crippen molar-refractivity contribution >= 4 is 11.9 Å². The van der Waals surface area contributed by atoms with Crippen molar-refractivity contribution in [2.75, 3.05) is 20.2 Å². The van der Waals surface area contributed by atoms with E-state index in [0.29, 0.717) is 18.9 Å². The summed E-state index contributed by atoms with van der Waals surface area (Å²) in [5, 5.41) is 0. The van der Waals surface area contributed by atoms with E-state index in [0.717, 1.165) is 12.8 Å². The average Bonchev–Trinajstić information content (AvgIpc) is 2.41. The quantitative estimate of drug-likeness (QED) is 0.663. The highest BCUT2D eigenvalue weighted by molar-refractivity contribution is 5.85. The molecule has 0 heterocycles. The van der Waals surface area contributed by atoms with Gasteiger partial charge in [0.05, 0.1) is 13.2 Å². The van der Waals surface area contributed by atoms with Gasteiger partial charge in [-0.05, 0) is 12.3 Å². The van der Waals surface area contributed by atoms with Crippen molar-refractivity contribution in [2.45, 2.75) is 46.1 Å². The van der Waals surface area contributed by atoms with E-state index in [4.69, 9.17) is 5.73 Å². The largest absolute Gasteiger partial charge is 0.468 e. The minimum absolute atomic E-state index is 0.0144. The van der Waals surface area contributed by atoms with E-state index in [1.807, 2.05) is 6.92 Å². The van der Waals surface area contributed by atoms with Crippen LogP contribution in [0.5, 0.6) is 0 Å². The molecule has 2 N–H and O–H groups in total. The molecule has 1 amide bonds. The number of hydrogen-bond donors (Lipinski definition) is 1. The second kappa shape index (κ2) is 8.91. The van der Waals surface area contributed by atoms with E-state index in [1.54, 1.807) is 0 Å². The number of esters is 1. The van der Waals surface area contributed by atoms with Gasteiger partial charge in [-0.1, -0.05) is 33.6 Å². The fourth-order valence-corrected chi connectivity index (χ4v) is 1.72. The van der Waals surface area contributed by atoms with E-state index in [1.165, 1.54) is 12.0 Å². The molecule has 0 aliphatic rings. The SMILES string of the molecule is CCC(CC)CN(CC(=O)OC)C(=O)[C@H](N)CC. The molecule has 0 aromatic heterocycles. The van der Waals surface area contributed by atoms with Gasteiger partial charge in [0.2, 0.25) is 5.91 Å². The number of amides is 1. The van der Waals surface area contributed by atoms with Crippen LogP contribution in [0.3, 0.4) is 0 Å². The van der Waals surface area contributed by atoms with Crippen LogP contribution >= 0.6 is 0 Å². The van der Waals surface area contributed by atoms with Crippen LogP contribution in [0.1, 0.15) is 40.0 Å². The maximum Gasteiger partial charge on any atom is 0.325 e. The zero-order valence-electron chi connectivity index (χ0n) is 11.9. The lowest BCUT2D eigenvalue weighted by Gasteiger charge is -2.27. The molecule has 0 aliphatic carbocycles. The smallest absolute Gasteiger partial charge is 0.325 e. The molecule has 0 radical (unpaired) electrons. The van der Waals surface area contributed by atoms with Crippen molar-refractivity contribution in [2.24, 2.45) is 11.7 Å². The van der Waals surface area contributed by atoms with Crippen LogP contribution in [0, 0.1) is 5.92 Å². The van der Waals surface area contributed by atoms with Gasteiger partial charge in [0.15, 0.2) is 0 Å². The Balaban J connectivity index is 4.70. The lowest BCUT2D eigenvalue weighted by atomic mass is 10.0. The monoisotopic (exact) mass is 258 g/mol. The first kappa shape index (κ1) is 16.9. The van der Waals surface area contributed by atoms with Gasteiger partial charge in [-0.25, -0.2) is 0 Å². The number of methoxy groups -OCH3 is 1. The third kappa shape index (κ3) is 5.49. The van der Waals surface area contributed by atoms with Gasteiger partial charge in [0, 0.05) is 6.54 Å². The fraction of sp³-hybridized carbons (Fsp3) is 0.846. The Hall–Kier alpha value is -1.10. The fourth-order valence-electron chi connectivity index (χ4n) is 1.72. The van der Waals surface area contributed by atoms with Gasteiger partial charge < -0.3 is 15.4 Å². The summed E-state index contributed by atoms with van der Waals surface area (Å²) in [4.78, 5) is 25.0. The summed E-state index contributed by atoms with van der Waals surface area (Å²) >= 11 is 0. The number of rotatable bonds is 8. The standard InChI is InChI=1S/C13H26N2O3/c1-5-10(6-2)8-15(9-12(16)18-4)13(17)11(14)7-3/h10-11H,5-9,14H2,1-4H3/t11-/m1/s1. The molecule has 106 valence electrons. The summed E-state index contributed by atoms with van der Waals surface area (Å²) in [6.07, 6.45) is 2.52. The van der Waals surface area contributed by atoms with Crippen molar-refractivity contribution in [3.05, 3.63) is 0 Å². The Kier molecular flexibility index (Phi) is 8.37. The van der Waals surface area contributed by atoms with Gasteiger partial charge in [0.25, 0.3) is 0 Å². The Bertz CT molecular complexity index is 265. The second-order valence-electron chi connectivity index (χ2n) is 4.49. The highest BCUT2D eigenvalue weighted by Gasteiger charge is 2.24. The summed E-state index contributed by atoms with van der Waals surface area (Å²) in [6.45, 7) is 6.56. The van der Waals surface area contributed by atoms with Crippen molar-refractivity contribution in [1.29, 1.82) is 0 Å². The molecule has 0 aromatic rings. The van der Waals surface area contributed by atoms with Crippen LogP contribution in [0.2, 0.25) is 0 Å². The van der Waals surface area contributed by atoms with Gasteiger partial charge in [-0.2, -0.15) is 0 Å². The summed E-state index contributed by atoms with van der Waals surface area (Å²) in [6, 6.07) is -0.538. The van der Waals surface area contributed by atoms with Crippen LogP contribution < -0.4 is 5.73 Å². The molecule has 0 saturated carbocycles. The molecule has 0 aromatic carbocycles. The van der Waals surface area contributed by atoms with E-state index in [9.17, 15) is 9.59 Å². The highest BCUT2D eigenvalue weighted by atomic mass is 16.5. The second-order valence-corrected chi connectivity index (χ2v) is 4.49. The molecule has 1 atom stereocenters. The molecule has 0 saturated heterocycles. The number of carbonyl (C=O) groups is 2. The molecule has 0 aliphatic heterocycles. The molecule has 0 fully saturated rings. The maximum absolute atomic E-state index is 12.1. The summed E-state index contributed by atoms with van der Waals surface area (Å²) in [7, 11) is 1.32. The minimum atomic E-state index is -0.538. The van der Waals surface area contributed by atoms with Gasteiger partial charge >= 0.3 is 5.97 Å². The molecule has 18 heavy (non-hydrogen) atoms. The molecular weight excluding hydrogens is 232 g/mol. The van der Waals surface area contributed by atoms with Crippen LogP contribution in [0.4, 0.5) is 0 Å². The summed E-state index contributed by atoms with van der Waals surface area (Å²) in [5.41, 5.74) is 5.75. The number of nitrogens with zero attached hydrogens (tertiary/aromatic N) is 1. The highest BCUT2D eigenvalue weighted by Crippen LogP contribution is 2.11. The third-order valence-corrected chi connectivity index (χ3v) is 3.25. The Labute approximate surface area is 110 Å².